The third-order valence-electron chi connectivity index (χ3n) is 5.24. The number of ether oxygens (including phenoxy) is 2. The molecule has 0 aliphatic carbocycles. The Hall–Kier alpha value is -2.99. The molecule has 6 nitrogen and oxygen atoms in total. The lowest BCUT2D eigenvalue weighted by molar-refractivity contribution is -0.907. The number of aryl methyl sites for hydroxylation is 2. The summed E-state index contributed by atoms with van der Waals surface area (Å²) >= 11 is 0. The molecule has 3 aromatic rings. The van der Waals surface area contributed by atoms with Gasteiger partial charge in [0.25, 0.3) is 0 Å². The number of hydrogen-bond donors (Lipinski definition) is 2. The van der Waals surface area contributed by atoms with E-state index in [1.54, 1.807) is 20.3 Å². The Bertz CT molecular complexity index is 1090. The van der Waals surface area contributed by atoms with E-state index in [0.717, 1.165) is 34.2 Å². The molecule has 1 unspecified atom stereocenters. The Morgan fingerprint density at radius 2 is 1.62 bits per heavy atom. The van der Waals surface area contributed by atoms with Crippen LogP contribution in [-0.2, 0) is 19.5 Å². The van der Waals surface area contributed by atoms with Crippen molar-refractivity contribution >= 4 is 11.0 Å². The second-order valence-corrected chi connectivity index (χ2v) is 7.37. The molecule has 0 aliphatic heterocycles. The molecular formula is C23H28NO5+. The number of aromatic hydroxyl groups is 1. The van der Waals surface area contributed by atoms with E-state index in [0.29, 0.717) is 30.0 Å². The fourth-order valence-corrected chi connectivity index (χ4v) is 3.66. The van der Waals surface area contributed by atoms with Crippen molar-refractivity contribution < 1.29 is 23.9 Å². The van der Waals surface area contributed by atoms with Gasteiger partial charge in [-0.05, 0) is 42.7 Å². The smallest absolute Gasteiger partial charge is 0.336 e. The molecule has 1 heterocycles. The molecule has 0 radical (unpaired) electrons. The van der Waals surface area contributed by atoms with Gasteiger partial charge >= 0.3 is 5.63 Å². The highest BCUT2D eigenvalue weighted by molar-refractivity contribution is 5.82. The predicted molar refractivity (Wildman–Crippen MR) is 112 cm³/mol. The lowest BCUT2D eigenvalue weighted by Gasteiger charge is -2.18. The van der Waals surface area contributed by atoms with Crippen molar-refractivity contribution in [2.75, 3.05) is 21.3 Å². The lowest BCUT2D eigenvalue weighted by atomic mass is 10.0. The van der Waals surface area contributed by atoms with Crippen LogP contribution in [0.25, 0.3) is 11.0 Å². The first-order chi connectivity index (χ1) is 13.9. The van der Waals surface area contributed by atoms with Crippen molar-refractivity contribution in [3.63, 3.8) is 0 Å². The van der Waals surface area contributed by atoms with E-state index >= 15 is 0 Å². The van der Waals surface area contributed by atoms with Gasteiger partial charge < -0.3 is 23.9 Å². The standard InChI is InChI=1S/C23H27NO5/c1-6-15-8-18-17(10-23(26)29-20(18)11-19(15)25)13-24(3)12-16-9-22(28-5)21(27-4)7-14(16)2/h7-11,25H,6,12-13H2,1-5H3/p+1. The summed E-state index contributed by atoms with van der Waals surface area (Å²) in [6.45, 7) is 5.43. The van der Waals surface area contributed by atoms with E-state index in [-0.39, 0.29) is 5.75 Å². The Kier molecular flexibility index (Phi) is 6.13. The highest BCUT2D eigenvalue weighted by Gasteiger charge is 2.16. The van der Waals surface area contributed by atoms with E-state index < -0.39 is 5.63 Å². The summed E-state index contributed by atoms with van der Waals surface area (Å²) in [5.41, 5.74) is 4.02. The van der Waals surface area contributed by atoms with Crippen LogP contribution in [0, 0.1) is 6.92 Å². The molecule has 0 saturated carbocycles. The van der Waals surface area contributed by atoms with Gasteiger partial charge in [-0.25, -0.2) is 4.79 Å². The average molecular weight is 398 g/mol. The fraction of sp³-hybridized carbons (Fsp3) is 0.348. The number of fused-ring (bicyclic) bond motifs is 1. The molecule has 0 aliphatic rings. The summed E-state index contributed by atoms with van der Waals surface area (Å²) in [6, 6.07) is 8.97. The second kappa shape index (κ2) is 8.57. The van der Waals surface area contributed by atoms with Gasteiger partial charge in [0.1, 0.15) is 24.4 Å². The lowest BCUT2D eigenvalue weighted by Crippen LogP contribution is -3.06. The van der Waals surface area contributed by atoms with E-state index in [9.17, 15) is 9.90 Å². The molecule has 3 rings (SSSR count). The molecule has 0 fully saturated rings. The molecular weight excluding hydrogens is 370 g/mol. The zero-order valence-electron chi connectivity index (χ0n) is 17.6. The molecule has 2 aromatic carbocycles. The summed E-state index contributed by atoms with van der Waals surface area (Å²) in [4.78, 5) is 13.2. The maximum absolute atomic E-state index is 12.0. The number of phenols is 1. The number of methoxy groups -OCH3 is 2. The van der Waals surface area contributed by atoms with Crippen molar-refractivity contribution in [1.29, 1.82) is 0 Å². The Labute approximate surface area is 170 Å². The van der Waals surface area contributed by atoms with Crippen molar-refractivity contribution in [2.24, 2.45) is 0 Å². The second-order valence-electron chi connectivity index (χ2n) is 7.37. The van der Waals surface area contributed by atoms with Gasteiger partial charge in [-0.2, -0.15) is 0 Å². The van der Waals surface area contributed by atoms with Crippen LogP contribution in [0.15, 0.2) is 39.5 Å². The van der Waals surface area contributed by atoms with Crippen molar-refractivity contribution in [3.05, 3.63) is 63.0 Å². The van der Waals surface area contributed by atoms with E-state index in [4.69, 9.17) is 13.9 Å². The number of hydrogen-bond acceptors (Lipinski definition) is 5. The quantitative estimate of drug-likeness (QED) is 0.599. The third kappa shape index (κ3) is 4.38. The molecule has 2 N–H and O–H groups in total. The Morgan fingerprint density at radius 1 is 0.966 bits per heavy atom. The molecule has 1 aromatic heterocycles. The zero-order valence-corrected chi connectivity index (χ0v) is 17.6. The van der Waals surface area contributed by atoms with Crippen LogP contribution in [0.5, 0.6) is 17.2 Å². The van der Waals surface area contributed by atoms with Gasteiger partial charge in [0.2, 0.25) is 0 Å². The molecule has 29 heavy (non-hydrogen) atoms. The van der Waals surface area contributed by atoms with Crippen molar-refractivity contribution in [2.45, 2.75) is 33.4 Å². The monoisotopic (exact) mass is 398 g/mol. The number of phenolic OH excluding ortho intramolecular Hbond substituents is 1. The maximum Gasteiger partial charge on any atom is 0.336 e. The normalized spacial score (nSPS) is 12.2. The van der Waals surface area contributed by atoms with Gasteiger partial charge in [-0.3, -0.25) is 0 Å². The van der Waals surface area contributed by atoms with Crippen LogP contribution in [-0.4, -0.2) is 26.4 Å². The molecule has 154 valence electrons. The van der Waals surface area contributed by atoms with Crippen LogP contribution >= 0.6 is 0 Å². The van der Waals surface area contributed by atoms with Gasteiger partial charge in [-0.15, -0.1) is 0 Å². The first-order valence-electron chi connectivity index (χ1n) is 9.67. The molecule has 6 heteroatoms. The van der Waals surface area contributed by atoms with Gasteiger partial charge in [0, 0.05) is 28.6 Å². The summed E-state index contributed by atoms with van der Waals surface area (Å²) in [6.07, 6.45) is 0.702. The van der Waals surface area contributed by atoms with Crippen LogP contribution < -0.4 is 20.0 Å². The van der Waals surface area contributed by atoms with Crippen molar-refractivity contribution in [1.82, 2.24) is 0 Å². The Morgan fingerprint density at radius 3 is 2.28 bits per heavy atom. The van der Waals surface area contributed by atoms with Crippen molar-refractivity contribution in [3.8, 4) is 17.2 Å². The minimum absolute atomic E-state index is 0.155. The summed E-state index contributed by atoms with van der Waals surface area (Å²) in [5, 5.41) is 11.0. The highest BCUT2D eigenvalue weighted by Crippen LogP contribution is 2.30. The molecule has 0 amide bonds. The van der Waals surface area contributed by atoms with Gasteiger partial charge in [-0.1, -0.05) is 6.92 Å². The number of nitrogens with one attached hydrogen (secondary N) is 1. The minimum atomic E-state index is -0.411. The Balaban J connectivity index is 1.92. The number of quaternary nitrogens is 1. The van der Waals surface area contributed by atoms with Crippen LogP contribution in [0.3, 0.4) is 0 Å². The SMILES string of the molecule is CCc1cc2c(C[NH+](C)Cc3cc(OC)c(OC)cc3C)cc(=O)oc2cc1O. The van der Waals surface area contributed by atoms with E-state index in [1.165, 1.54) is 11.0 Å². The van der Waals surface area contributed by atoms with Crippen LogP contribution in [0.4, 0.5) is 0 Å². The summed E-state index contributed by atoms with van der Waals surface area (Å²) < 4.78 is 16.1. The minimum Gasteiger partial charge on any atom is -0.508 e. The van der Waals surface area contributed by atoms with E-state index in [1.807, 2.05) is 32.0 Å². The predicted octanol–water partition coefficient (Wildman–Crippen LogP) is 2.60. The molecule has 0 bridgehead atoms. The largest absolute Gasteiger partial charge is 0.508 e. The zero-order chi connectivity index (χ0) is 21.1. The molecule has 0 saturated heterocycles. The van der Waals surface area contributed by atoms with Crippen LogP contribution in [0.1, 0.15) is 29.2 Å². The van der Waals surface area contributed by atoms with E-state index in [2.05, 4.69) is 7.05 Å². The first kappa shape index (κ1) is 20.7. The molecule has 1 atom stereocenters. The fourth-order valence-electron chi connectivity index (χ4n) is 3.66. The number of rotatable bonds is 7. The van der Waals surface area contributed by atoms with Gasteiger partial charge in [0.15, 0.2) is 11.5 Å². The summed E-state index contributed by atoms with van der Waals surface area (Å²) in [5.74, 6) is 1.57. The topological polar surface area (TPSA) is 73.3 Å². The molecule has 0 spiro atoms. The maximum atomic E-state index is 12.0. The highest BCUT2D eigenvalue weighted by atomic mass is 16.5. The number of benzene rings is 2. The van der Waals surface area contributed by atoms with Gasteiger partial charge in [0.05, 0.1) is 21.3 Å². The summed E-state index contributed by atoms with van der Waals surface area (Å²) in [7, 11) is 5.34. The third-order valence-corrected chi connectivity index (χ3v) is 5.24. The first-order valence-corrected chi connectivity index (χ1v) is 9.67. The average Bonchev–Trinajstić information content (AvgIpc) is 2.68. The van der Waals surface area contributed by atoms with Crippen LogP contribution in [0.2, 0.25) is 0 Å².